The Morgan fingerprint density at radius 3 is 1.48 bits per heavy atom. The Labute approximate surface area is 163 Å². The SMILES string of the molecule is CSc1cc(-c2ccc(-c3ccc([N+](=O)[O-])c(SC)c3)o2)ccc1[N+](=O)[O-]. The molecule has 0 atom stereocenters. The number of hydrogen-bond acceptors (Lipinski definition) is 7. The van der Waals surface area contributed by atoms with E-state index < -0.39 is 9.85 Å². The molecular formula is C18H14N2O5S2. The van der Waals surface area contributed by atoms with Crippen molar-refractivity contribution in [3.8, 4) is 22.6 Å². The summed E-state index contributed by atoms with van der Waals surface area (Å²) < 4.78 is 5.90. The lowest BCUT2D eigenvalue weighted by atomic mass is 10.1. The zero-order valence-electron chi connectivity index (χ0n) is 14.4. The highest BCUT2D eigenvalue weighted by Crippen LogP contribution is 2.36. The summed E-state index contributed by atoms with van der Waals surface area (Å²) in [4.78, 5) is 22.4. The molecule has 1 heterocycles. The van der Waals surface area contributed by atoms with Crippen LogP contribution in [0.4, 0.5) is 11.4 Å². The first-order chi connectivity index (χ1) is 12.9. The number of thioether (sulfide) groups is 2. The number of rotatable bonds is 6. The predicted molar refractivity (Wildman–Crippen MR) is 106 cm³/mol. The second-order valence-corrected chi connectivity index (χ2v) is 7.15. The van der Waals surface area contributed by atoms with Gasteiger partial charge in [-0.1, -0.05) is 0 Å². The molecule has 0 N–H and O–H groups in total. The minimum atomic E-state index is -0.413. The van der Waals surface area contributed by atoms with Gasteiger partial charge in [-0.2, -0.15) is 0 Å². The zero-order valence-corrected chi connectivity index (χ0v) is 16.0. The van der Waals surface area contributed by atoms with Gasteiger partial charge >= 0.3 is 0 Å². The molecule has 0 saturated carbocycles. The maximum Gasteiger partial charge on any atom is 0.282 e. The first kappa shape index (κ1) is 19.0. The van der Waals surface area contributed by atoms with E-state index in [-0.39, 0.29) is 11.4 Å². The largest absolute Gasteiger partial charge is 0.456 e. The van der Waals surface area contributed by atoms with Crippen LogP contribution in [0.15, 0.2) is 62.7 Å². The number of nitro benzene ring substituents is 2. The van der Waals surface area contributed by atoms with Gasteiger partial charge in [0.05, 0.1) is 19.6 Å². The number of nitrogens with zero attached hydrogens (tertiary/aromatic N) is 2. The van der Waals surface area contributed by atoms with Gasteiger partial charge in [-0.25, -0.2) is 0 Å². The van der Waals surface area contributed by atoms with Crippen LogP contribution in [0.25, 0.3) is 22.6 Å². The van der Waals surface area contributed by atoms with Gasteiger partial charge in [-0.3, -0.25) is 20.2 Å². The molecule has 0 spiro atoms. The van der Waals surface area contributed by atoms with Crippen LogP contribution in [-0.4, -0.2) is 22.4 Å². The molecule has 3 aromatic rings. The Morgan fingerprint density at radius 2 is 1.15 bits per heavy atom. The first-order valence-corrected chi connectivity index (χ1v) is 10.1. The third-order valence-electron chi connectivity index (χ3n) is 3.93. The fraction of sp³-hybridized carbons (Fsp3) is 0.111. The van der Waals surface area contributed by atoms with E-state index in [4.69, 9.17) is 4.42 Å². The predicted octanol–water partition coefficient (Wildman–Crippen LogP) is 5.87. The molecule has 0 fully saturated rings. The van der Waals surface area contributed by atoms with E-state index in [0.29, 0.717) is 21.3 Å². The molecule has 27 heavy (non-hydrogen) atoms. The van der Waals surface area contributed by atoms with Crippen LogP contribution < -0.4 is 0 Å². The van der Waals surface area contributed by atoms with Crippen molar-refractivity contribution < 1.29 is 14.3 Å². The van der Waals surface area contributed by atoms with Gasteiger partial charge in [-0.05, 0) is 48.9 Å². The second-order valence-electron chi connectivity index (χ2n) is 5.45. The molecule has 0 aliphatic rings. The van der Waals surface area contributed by atoms with Crippen molar-refractivity contribution in [3.05, 3.63) is 68.8 Å². The van der Waals surface area contributed by atoms with Gasteiger partial charge in [0.15, 0.2) is 0 Å². The van der Waals surface area contributed by atoms with E-state index in [1.54, 1.807) is 48.9 Å². The summed E-state index contributed by atoms with van der Waals surface area (Å²) in [7, 11) is 0. The van der Waals surface area contributed by atoms with Crippen LogP contribution in [0.1, 0.15) is 0 Å². The van der Waals surface area contributed by atoms with E-state index in [1.165, 1.54) is 35.7 Å². The fourth-order valence-corrected chi connectivity index (χ4v) is 3.80. The Kier molecular flexibility index (Phi) is 5.52. The molecule has 0 aliphatic heterocycles. The summed E-state index contributed by atoms with van der Waals surface area (Å²) in [6.07, 6.45) is 3.56. The average Bonchev–Trinajstić information content (AvgIpc) is 3.16. The van der Waals surface area contributed by atoms with Crippen LogP contribution in [0.5, 0.6) is 0 Å². The Bertz CT molecular complexity index is 952. The zero-order chi connectivity index (χ0) is 19.6. The molecular weight excluding hydrogens is 388 g/mol. The number of furan rings is 1. The maximum atomic E-state index is 11.1. The van der Waals surface area contributed by atoms with Gasteiger partial charge in [0.25, 0.3) is 11.4 Å². The normalized spacial score (nSPS) is 10.7. The van der Waals surface area contributed by atoms with Crippen LogP contribution in [0.3, 0.4) is 0 Å². The summed E-state index contributed by atoms with van der Waals surface area (Å²) in [5.74, 6) is 1.14. The molecule has 0 unspecified atom stereocenters. The lowest BCUT2D eigenvalue weighted by molar-refractivity contribution is -0.387. The Hall–Kier alpha value is -2.78. The lowest BCUT2D eigenvalue weighted by Crippen LogP contribution is -1.91. The van der Waals surface area contributed by atoms with E-state index in [1.807, 2.05) is 0 Å². The van der Waals surface area contributed by atoms with Gasteiger partial charge in [0.1, 0.15) is 11.5 Å². The van der Waals surface area contributed by atoms with Crippen molar-refractivity contribution in [2.24, 2.45) is 0 Å². The van der Waals surface area contributed by atoms with E-state index in [0.717, 1.165) is 11.1 Å². The molecule has 0 saturated heterocycles. The van der Waals surface area contributed by atoms with E-state index in [2.05, 4.69) is 0 Å². The third kappa shape index (κ3) is 3.83. The fourth-order valence-electron chi connectivity index (χ4n) is 2.61. The van der Waals surface area contributed by atoms with Crippen molar-refractivity contribution in [2.45, 2.75) is 9.79 Å². The van der Waals surface area contributed by atoms with Gasteiger partial charge < -0.3 is 4.42 Å². The smallest absolute Gasteiger partial charge is 0.282 e. The minimum Gasteiger partial charge on any atom is -0.456 e. The standard InChI is InChI=1S/C18H14N2O5S2/c1-26-17-9-11(3-5-13(17)19(21)22)15-7-8-16(25-15)12-4-6-14(20(23)24)18(10-12)27-2/h3-10H,1-2H3. The van der Waals surface area contributed by atoms with Crippen molar-refractivity contribution in [1.29, 1.82) is 0 Å². The van der Waals surface area contributed by atoms with Gasteiger partial charge in [-0.15, -0.1) is 23.5 Å². The van der Waals surface area contributed by atoms with Gasteiger partial charge in [0, 0.05) is 23.3 Å². The molecule has 9 heteroatoms. The first-order valence-electron chi connectivity index (χ1n) is 7.70. The van der Waals surface area contributed by atoms with E-state index >= 15 is 0 Å². The van der Waals surface area contributed by atoms with Crippen LogP contribution in [-0.2, 0) is 0 Å². The molecule has 0 radical (unpaired) electrons. The number of hydrogen-bond donors (Lipinski definition) is 0. The highest BCUT2D eigenvalue weighted by atomic mass is 32.2. The molecule has 7 nitrogen and oxygen atoms in total. The van der Waals surface area contributed by atoms with Crippen molar-refractivity contribution in [3.63, 3.8) is 0 Å². The molecule has 3 rings (SSSR count). The topological polar surface area (TPSA) is 99.4 Å². The molecule has 2 aromatic carbocycles. The molecule has 0 aliphatic carbocycles. The monoisotopic (exact) mass is 402 g/mol. The second kappa shape index (κ2) is 7.85. The summed E-state index contributed by atoms with van der Waals surface area (Å²) in [5.41, 5.74) is 1.56. The van der Waals surface area contributed by atoms with Crippen molar-refractivity contribution in [2.75, 3.05) is 12.5 Å². The highest BCUT2D eigenvalue weighted by Gasteiger charge is 2.17. The molecule has 138 valence electrons. The van der Waals surface area contributed by atoms with Crippen LogP contribution in [0.2, 0.25) is 0 Å². The Balaban J connectivity index is 1.98. The van der Waals surface area contributed by atoms with Crippen LogP contribution in [0, 0.1) is 20.2 Å². The number of nitro groups is 2. The summed E-state index contributed by atoms with van der Waals surface area (Å²) >= 11 is 2.59. The summed E-state index contributed by atoms with van der Waals surface area (Å²) in [6, 6.07) is 13.2. The quantitative estimate of drug-likeness (QED) is 0.288. The molecule has 0 bridgehead atoms. The molecule has 0 amide bonds. The van der Waals surface area contributed by atoms with Crippen molar-refractivity contribution >= 4 is 34.9 Å². The molecule has 1 aromatic heterocycles. The maximum absolute atomic E-state index is 11.1. The van der Waals surface area contributed by atoms with Crippen LogP contribution >= 0.6 is 23.5 Å². The third-order valence-corrected chi connectivity index (χ3v) is 5.46. The van der Waals surface area contributed by atoms with Gasteiger partial charge in [0.2, 0.25) is 0 Å². The summed E-state index contributed by atoms with van der Waals surface area (Å²) in [5, 5.41) is 22.1. The summed E-state index contributed by atoms with van der Waals surface area (Å²) in [6.45, 7) is 0. The van der Waals surface area contributed by atoms with Crippen molar-refractivity contribution in [1.82, 2.24) is 0 Å². The highest BCUT2D eigenvalue weighted by molar-refractivity contribution is 7.99. The Morgan fingerprint density at radius 1 is 0.741 bits per heavy atom. The minimum absolute atomic E-state index is 0.0537. The lowest BCUT2D eigenvalue weighted by Gasteiger charge is -2.04. The van der Waals surface area contributed by atoms with E-state index in [9.17, 15) is 20.2 Å². The number of benzene rings is 2. The average molecular weight is 402 g/mol.